The van der Waals surface area contributed by atoms with E-state index in [4.69, 9.17) is 14.2 Å². The Morgan fingerprint density at radius 3 is 2.47 bits per heavy atom. The van der Waals surface area contributed by atoms with Crippen molar-refractivity contribution in [3.8, 4) is 11.5 Å². The third kappa shape index (κ3) is 4.99. The van der Waals surface area contributed by atoms with E-state index in [1.54, 1.807) is 17.0 Å². The first-order chi connectivity index (χ1) is 17.4. The standard InChI is InChI=1S/C26H24N2O7S/c29-25(28-12-11-18-5-1-2-6-19(18)16-28)17-35-26(30)21-7-3-4-8-22(21)27-36(31,32)20-9-10-23-24(15-20)34-14-13-33-23/h1-10,15,27H,11-14,16-17H2. The second-order valence-corrected chi connectivity index (χ2v) is 10.0. The van der Waals surface area contributed by atoms with E-state index in [-0.39, 0.29) is 22.1 Å². The Hall–Kier alpha value is -4.05. The van der Waals surface area contributed by atoms with Crippen LogP contribution in [0.4, 0.5) is 5.69 Å². The van der Waals surface area contributed by atoms with Gasteiger partial charge in [-0.2, -0.15) is 0 Å². The monoisotopic (exact) mass is 508 g/mol. The van der Waals surface area contributed by atoms with Crippen LogP contribution in [0.3, 0.4) is 0 Å². The molecule has 9 nitrogen and oxygen atoms in total. The van der Waals surface area contributed by atoms with Crippen molar-refractivity contribution in [1.29, 1.82) is 0 Å². The Bertz CT molecular complexity index is 1420. The zero-order valence-corrected chi connectivity index (χ0v) is 20.1. The number of para-hydroxylation sites is 1. The van der Waals surface area contributed by atoms with Gasteiger partial charge in [-0.1, -0.05) is 36.4 Å². The number of nitrogens with one attached hydrogen (secondary N) is 1. The average Bonchev–Trinajstić information content (AvgIpc) is 2.91. The lowest BCUT2D eigenvalue weighted by Gasteiger charge is -2.28. The van der Waals surface area contributed by atoms with E-state index in [2.05, 4.69) is 4.72 Å². The van der Waals surface area contributed by atoms with Crippen LogP contribution < -0.4 is 14.2 Å². The van der Waals surface area contributed by atoms with Gasteiger partial charge in [-0.15, -0.1) is 0 Å². The number of hydrogen-bond acceptors (Lipinski definition) is 7. The highest BCUT2D eigenvalue weighted by molar-refractivity contribution is 7.92. The maximum Gasteiger partial charge on any atom is 0.340 e. The molecule has 2 heterocycles. The molecule has 0 spiro atoms. The topological polar surface area (TPSA) is 111 Å². The van der Waals surface area contributed by atoms with Gasteiger partial charge in [-0.3, -0.25) is 9.52 Å². The van der Waals surface area contributed by atoms with Gasteiger partial charge in [0.2, 0.25) is 0 Å². The molecule has 0 aliphatic carbocycles. The number of rotatable bonds is 6. The highest BCUT2D eigenvalue weighted by Crippen LogP contribution is 2.33. The molecule has 3 aromatic rings. The molecule has 0 radical (unpaired) electrons. The fraction of sp³-hybridized carbons (Fsp3) is 0.231. The summed E-state index contributed by atoms with van der Waals surface area (Å²) in [6.45, 7) is 1.27. The predicted molar refractivity (Wildman–Crippen MR) is 131 cm³/mol. The van der Waals surface area contributed by atoms with Crippen molar-refractivity contribution in [3.05, 3.63) is 83.4 Å². The van der Waals surface area contributed by atoms with Crippen molar-refractivity contribution < 1.29 is 32.2 Å². The number of carbonyl (C=O) groups excluding carboxylic acids is 2. The van der Waals surface area contributed by atoms with Crippen molar-refractivity contribution in [2.24, 2.45) is 0 Å². The van der Waals surface area contributed by atoms with Gasteiger partial charge >= 0.3 is 5.97 Å². The summed E-state index contributed by atoms with van der Waals surface area (Å²) in [6, 6.07) is 18.3. The lowest BCUT2D eigenvalue weighted by atomic mass is 10.00. The van der Waals surface area contributed by atoms with E-state index >= 15 is 0 Å². The molecule has 2 aliphatic rings. The molecule has 10 heteroatoms. The summed E-state index contributed by atoms with van der Waals surface area (Å²) < 4.78 is 44.6. The summed E-state index contributed by atoms with van der Waals surface area (Å²) in [5, 5.41) is 0. The second kappa shape index (κ2) is 9.90. The van der Waals surface area contributed by atoms with Gasteiger partial charge < -0.3 is 19.1 Å². The molecule has 0 fully saturated rings. The third-order valence-corrected chi connectivity index (χ3v) is 7.39. The first-order valence-corrected chi connectivity index (χ1v) is 12.9. The number of ether oxygens (including phenoxy) is 3. The van der Waals surface area contributed by atoms with Gasteiger partial charge in [-0.25, -0.2) is 13.2 Å². The summed E-state index contributed by atoms with van der Waals surface area (Å²) in [5.41, 5.74) is 2.31. The smallest absolute Gasteiger partial charge is 0.340 e. The molecule has 36 heavy (non-hydrogen) atoms. The molecule has 1 N–H and O–H groups in total. The minimum Gasteiger partial charge on any atom is -0.486 e. The van der Waals surface area contributed by atoms with Crippen LogP contribution in [0.15, 0.2) is 71.6 Å². The van der Waals surface area contributed by atoms with Gasteiger partial charge in [0, 0.05) is 19.2 Å². The van der Waals surface area contributed by atoms with Crippen LogP contribution in [0, 0.1) is 0 Å². The first kappa shape index (κ1) is 23.7. The molecular formula is C26H24N2O7S. The number of esters is 1. The molecule has 0 saturated heterocycles. The molecule has 3 aromatic carbocycles. The molecule has 0 atom stereocenters. The van der Waals surface area contributed by atoms with E-state index in [1.165, 1.54) is 35.9 Å². The van der Waals surface area contributed by atoms with Crippen LogP contribution in [-0.4, -0.2) is 51.6 Å². The molecular weight excluding hydrogens is 484 g/mol. The number of sulfonamides is 1. The molecule has 1 amide bonds. The Labute approximate surface area is 208 Å². The van der Waals surface area contributed by atoms with Crippen LogP contribution in [0.25, 0.3) is 0 Å². The number of fused-ring (bicyclic) bond motifs is 2. The molecule has 5 rings (SSSR count). The molecule has 0 aromatic heterocycles. The van der Waals surface area contributed by atoms with E-state index in [9.17, 15) is 18.0 Å². The number of anilines is 1. The molecule has 2 aliphatic heterocycles. The molecule has 0 unspecified atom stereocenters. The predicted octanol–water partition coefficient (Wildman–Crippen LogP) is 3.00. The lowest BCUT2D eigenvalue weighted by molar-refractivity contribution is -0.135. The Morgan fingerprint density at radius 2 is 1.64 bits per heavy atom. The van der Waals surface area contributed by atoms with Crippen molar-refractivity contribution in [2.45, 2.75) is 17.9 Å². The van der Waals surface area contributed by atoms with E-state index < -0.39 is 22.6 Å². The van der Waals surface area contributed by atoms with Crippen LogP contribution in [0.2, 0.25) is 0 Å². The highest BCUT2D eigenvalue weighted by Gasteiger charge is 2.24. The zero-order valence-electron chi connectivity index (χ0n) is 19.3. The summed E-state index contributed by atoms with van der Waals surface area (Å²) >= 11 is 0. The lowest BCUT2D eigenvalue weighted by Crippen LogP contribution is -2.38. The zero-order chi connectivity index (χ0) is 25.1. The molecule has 0 bridgehead atoms. The Morgan fingerprint density at radius 1 is 0.917 bits per heavy atom. The number of hydrogen-bond donors (Lipinski definition) is 1. The maximum absolute atomic E-state index is 13.0. The Balaban J connectivity index is 1.26. The summed E-state index contributed by atoms with van der Waals surface area (Å²) in [6.07, 6.45) is 0.736. The molecule has 186 valence electrons. The fourth-order valence-electron chi connectivity index (χ4n) is 4.15. The fourth-order valence-corrected chi connectivity index (χ4v) is 5.24. The SMILES string of the molecule is O=C(OCC(=O)N1CCc2ccccc2C1)c1ccccc1NS(=O)(=O)c1ccc2c(c1)OCCO2. The second-order valence-electron chi connectivity index (χ2n) is 8.37. The van der Waals surface area contributed by atoms with Crippen molar-refractivity contribution in [1.82, 2.24) is 4.90 Å². The van der Waals surface area contributed by atoms with Crippen LogP contribution in [-0.2, 0) is 32.5 Å². The van der Waals surface area contributed by atoms with Gasteiger partial charge in [0.25, 0.3) is 15.9 Å². The molecule has 0 saturated carbocycles. The minimum atomic E-state index is -4.05. The van der Waals surface area contributed by atoms with Crippen molar-refractivity contribution in [2.75, 3.05) is 31.1 Å². The van der Waals surface area contributed by atoms with E-state index in [0.717, 1.165) is 12.0 Å². The highest BCUT2D eigenvalue weighted by atomic mass is 32.2. The van der Waals surface area contributed by atoms with Crippen LogP contribution >= 0.6 is 0 Å². The maximum atomic E-state index is 13.0. The van der Waals surface area contributed by atoms with E-state index in [1.807, 2.05) is 24.3 Å². The minimum absolute atomic E-state index is 0.00425. The average molecular weight is 509 g/mol. The Kier molecular flexibility index (Phi) is 6.51. The third-order valence-electron chi connectivity index (χ3n) is 6.03. The summed E-state index contributed by atoms with van der Waals surface area (Å²) in [4.78, 5) is 27.1. The summed E-state index contributed by atoms with van der Waals surface area (Å²) in [7, 11) is -4.05. The van der Waals surface area contributed by atoms with Crippen molar-refractivity contribution in [3.63, 3.8) is 0 Å². The van der Waals surface area contributed by atoms with E-state index in [0.29, 0.717) is 37.8 Å². The van der Waals surface area contributed by atoms with Gasteiger partial charge in [0.1, 0.15) is 13.2 Å². The van der Waals surface area contributed by atoms with Crippen LogP contribution in [0.5, 0.6) is 11.5 Å². The number of carbonyl (C=O) groups is 2. The van der Waals surface area contributed by atoms with Gasteiger partial charge in [0.15, 0.2) is 18.1 Å². The van der Waals surface area contributed by atoms with Crippen LogP contribution in [0.1, 0.15) is 21.5 Å². The quantitative estimate of drug-likeness (QED) is 0.510. The van der Waals surface area contributed by atoms with Crippen molar-refractivity contribution >= 4 is 27.6 Å². The number of benzene rings is 3. The first-order valence-electron chi connectivity index (χ1n) is 11.4. The van der Waals surface area contributed by atoms with Gasteiger partial charge in [0.05, 0.1) is 16.1 Å². The van der Waals surface area contributed by atoms with Gasteiger partial charge in [-0.05, 0) is 41.8 Å². The summed E-state index contributed by atoms with van der Waals surface area (Å²) in [5.74, 6) is -0.324. The number of nitrogens with zero attached hydrogens (tertiary/aromatic N) is 1. The largest absolute Gasteiger partial charge is 0.486 e. The normalized spacial score (nSPS) is 14.5. The number of amides is 1.